The van der Waals surface area contributed by atoms with E-state index in [4.69, 9.17) is 5.84 Å². The number of hydrazine groups is 1. The molecule has 0 aliphatic carbocycles. The third kappa shape index (κ3) is 3.36. The molecule has 1 atom stereocenters. The van der Waals surface area contributed by atoms with Crippen molar-refractivity contribution in [2.24, 2.45) is 5.84 Å². The first-order valence-corrected chi connectivity index (χ1v) is 7.10. The largest absolute Gasteiger partial charge is 0.338 e. The lowest BCUT2D eigenvalue weighted by molar-refractivity contribution is 0.0758. The zero-order valence-electron chi connectivity index (χ0n) is 11.2. The van der Waals surface area contributed by atoms with Crippen LogP contribution in [0.25, 0.3) is 0 Å². The smallest absolute Gasteiger partial charge is 0.257 e. The predicted molar refractivity (Wildman–Crippen MR) is 76.7 cm³/mol. The average Bonchev–Trinajstić information content (AvgIpc) is 2.37. The van der Waals surface area contributed by atoms with E-state index in [1.165, 1.54) is 0 Å². The molecule has 1 rings (SSSR count). The summed E-state index contributed by atoms with van der Waals surface area (Å²) in [5.41, 5.74) is 4.47. The van der Waals surface area contributed by atoms with Gasteiger partial charge in [0.15, 0.2) is 0 Å². The molecule has 0 radical (unpaired) electrons. The van der Waals surface area contributed by atoms with Crippen molar-refractivity contribution in [3.63, 3.8) is 0 Å². The van der Waals surface area contributed by atoms with E-state index in [1.807, 2.05) is 20.1 Å². The van der Waals surface area contributed by atoms with Crippen molar-refractivity contribution in [3.8, 4) is 0 Å². The van der Waals surface area contributed by atoms with Crippen LogP contribution in [0.5, 0.6) is 0 Å². The normalized spacial score (nSPS) is 12.1. The highest BCUT2D eigenvalue weighted by Gasteiger charge is 2.20. The van der Waals surface area contributed by atoms with Crippen LogP contribution in [0.15, 0.2) is 12.3 Å². The Morgan fingerprint density at radius 1 is 1.67 bits per heavy atom. The van der Waals surface area contributed by atoms with Gasteiger partial charge in [0.25, 0.3) is 5.91 Å². The fourth-order valence-corrected chi connectivity index (χ4v) is 2.30. The van der Waals surface area contributed by atoms with E-state index in [0.29, 0.717) is 11.3 Å². The molecule has 100 valence electrons. The Labute approximate surface area is 112 Å². The lowest BCUT2D eigenvalue weighted by atomic mass is 10.1. The number of hydrogen-bond acceptors (Lipinski definition) is 5. The second kappa shape index (κ2) is 6.61. The fraction of sp³-hybridized carbons (Fsp3) is 0.500. The van der Waals surface area contributed by atoms with E-state index in [1.54, 1.807) is 36.0 Å². The molecule has 0 saturated heterocycles. The van der Waals surface area contributed by atoms with E-state index in [2.05, 4.69) is 10.4 Å². The number of nitrogens with zero attached hydrogens (tertiary/aromatic N) is 2. The highest BCUT2D eigenvalue weighted by atomic mass is 32.2. The van der Waals surface area contributed by atoms with Gasteiger partial charge in [0.05, 0.1) is 11.3 Å². The van der Waals surface area contributed by atoms with Gasteiger partial charge in [0, 0.05) is 30.7 Å². The van der Waals surface area contributed by atoms with Crippen LogP contribution in [0.3, 0.4) is 0 Å². The third-order valence-electron chi connectivity index (χ3n) is 2.82. The lowest BCUT2D eigenvalue weighted by Crippen LogP contribution is -2.37. The van der Waals surface area contributed by atoms with Gasteiger partial charge in [-0.3, -0.25) is 15.6 Å². The Bertz CT molecular complexity index is 425. The highest BCUT2D eigenvalue weighted by Crippen LogP contribution is 2.17. The first kappa shape index (κ1) is 14.8. The quantitative estimate of drug-likeness (QED) is 0.625. The zero-order valence-corrected chi connectivity index (χ0v) is 12.0. The maximum Gasteiger partial charge on any atom is 0.257 e. The Balaban J connectivity index is 2.96. The molecule has 3 N–H and O–H groups in total. The minimum atomic E-state index is -0.0722. The number of hydrogen-bond donors (Lipinski definition) is 2. The summed E-state index contributed by atoms with van der Waals surface area (Å²) in [4.78, 5) is 18.2. The topological polar surface area (TPSA) is 71.2 Å². The van der Waals surface area contributed by atoms with Gasteiger partial charge in [-0.2, -0.15) is 11.8 Å². The molecule has 18 heavy (non-hydrogen) atoms. The third-order valence-corrected chi connectivity index (χ3v) is 3.63. The van der Waals surface area contributed by atoms with Crippen molar-refractivity contribution < 1.29 is 4.79 Å². The Kier molecular flexibility index (Phi) is 5.43. The van der Waals surface area contributed by atoms with Crippen LogP contribution >= 0.6 is 11.8 Å². The van der Waals surface area contributed by atoms with Gasteiger partial charge in [-0.25, -0.2) is 0 Å². The van der Waals surface area contributed by atoms with Crippen molar-refractivity contribution in [2.45, 2.75) is 19.9 Å². The number of carbonyl (C=O) groups excluding carboxylic acids is 1. The maximum absolute atomic E-state index is 12.3. The van der Waals surface area contributed by atoms with E-state index in [-0.39, 0.29) is 11.9 Å². The Hall–Kier alpha value is -1.27. The number of aryl methyl sites for hydroxylation is 1. The molecule has 1 amide bonds. The average molecular weight is 268 g/mol. The molecule has 1 heterocycles. The first-order chi connectivity index (χ1) is 8.51. The minimum Gasteiger partial charge on any atom is -0.338 e. The standard InChI is InChI=1S/C12H20N4OS/c1-8-5-11(15-13)10(6-14-8)12(17)16(3)9(2)7-18-4/h5-6,9H,7,13H2,1-4H3,(H,14,15). The van der Waals surface area contributed by atoms with Crippen LogP contribution in [0.1, 0.15) is 23.0 Å². The van der Waals surface area contributed by atoms with Gasteiger partial charge in [0.2, 0.25) is 0 Å². The number of nitrogens with two attached hydrogens (primary N) is 1. The van der Waals surface area contributed by atoms with Crippen LogP contribution in [-0.4, -0.2) is 40.9 Å². The summed E-state index contributed by atoms with van der Waals surface area (Å²) in [7, 11) is 1.80. The van der Waals surface area contributed by atoms with Crippen molar-refractivity contribution >= 4 is 23.4 Å². The number of thioether (sulfide) groups is 1. The molecule has 0 aliphatic heterocycles. The summed E-state index contributed by atoms with van der Waals surface area (Å²) < 4.78 is 0. The van der Waals surface area contributed by atoms with Gasteiger partial charge in [0.1, 0.15) is 0 Å². The number of aromatic nitrogens is 1. The first-order valence-electron chi connectivity index (χ1n) is 5.70. The fourth-order valence-electron chi connectivity index (χ4n) is 1.59. The Morgan fingerprint density at radius 2 is 2.33 bits per heavy atom. The van der Waals surface area contributed by atoms with Crippen LogP contribution in [0, 0.1) is 6.92 Å². The lowest BCUT2D eigenvalue weighted by Gasteiger charge is -2.25. The zero-order chi connectivity index (χ0) is 13.7. The maximum atomic E-state index is 12.3. The molecule has 1 aromatic heterocycles. The summed E-state index contributed by atoms with van der Waals surface area (Å²) in [6, 6.07) is 1.93. The molecular formula is C12H20N4OS. The van der Waals surface area contributed by atoms with Crippen molar-refractivity contribution in [1.82, 2.24) is 9.88 Å². The molecule has 1 aromatic rings. The minimum absolute atomic E-state index is 0.0722. The predicted octanol–water partition coefficient (Wildman–Crippen LogP) is 1.50. The van der Waals surface area contributed by atoms with Gasteiger partial charge in [-0.15, -0.1) is 0 Å². The molecule has 0 saturated carbocycles. The number of rotatable bonds is 5. The molecule has 1 unspecified atom stereocenters. The molecular weight excluding hydrogens is 248 g/mol. The summed E-state index contributed by atoms with van der Waals surface area (Å²) in [6.45, 7) is 3.88. The second-order valence-electron chi connectivity index (χ2n) is 4.24. The van der Waals surface area contributed by atoms with Gasteiger partial charge in [-0.1, -0.05) is 0 Å². The monoisotopic (exact) mass is 268 g/mol. The molecule has 0 spiro atoms. The van der Waals surface area contributed by atoms with Crippen LogP contribution in [0.4, 0.5) is 5.69 Å². The Morgan fingerprint density at radius 3 is 2.89 bits per heavy atom. The van der Waals surface area contributed by atoms with Crippen LogP contribution < -0.4 is 11.3 Å². The van der Waals surface area contributed by atoms with Crippen molar-refractivity contribution in [2.75, 3.05) is 24.5 Å². The summed E-state index contributed by atoms with van der Waals surface area (Å²) in [6.07, 6.45) is 3.59. The van der Waals surface area contributed by atoms with E-state index < -0.39 is 0 Å². The van der Waals surface area contributed by atoms with E-state index >= 15 is 0 Å². The highest BCUT2D eigenvalue weighted by molar-refractivity contribution is 7.98. The van der Waals surface area contributed by atoms with Gasteiger partial charge in [-0.05, 0) is 26.2 Å². The number of pyridine rings is 1. The van der Waals surface area contributed by atoms with Crippen molar-refractivity contribution in [3.05, 3.63) is 23.5 Å². The van der Waals surface area contributed by atoms with Crippen LogP contribution in [-0.2, 0) is 0 Å². The SMILES string of the molecule is CSCC(C)N(C)C(=O)c1cnc(C)cc1NN. The van der Waals surface area contributed by atoms with Crippen LogP contribution in [0.2, 0.25) is 0 Å². The summed E-state index contributed by atoms with van der Waals surface area (Å²) in [5, 5.41) is 0. The number of anilines is 1. The summed E-state index contributed by atoms with van der Waals surface area (Å²) in [5.74, 6) is 6.26. The molecule has 0 aliphatic rings. The van der Waals surface area contributed by atoms with E-state index in [9.17, 15) is 4.79 Å². The molecule has 0 bridgehead atoms. The van der Waals surface area contributed by atoms with Gasteiger partial charge < -0.3 is 10.3 Å². The van der Waals surface area contributed by atoms with Crippen molar-refractivity contribution in [1.29, 1.82) is 0 Å². The van der Waals surface area contributed by atoms with E-state index in [0.717, 1.165) is 11.4 Å². The summed E-state index contributed by atoms with van der Waals surface area (Å²) >= 11 is 1.71. The molecule has 0 aromatic carbocycles. The number of nitrogens with one attached hydrogen (secondary N) is 1. The molecule has 6 heteroatoms. The number of carbonyl (C=O) groups is 1. The number of amides is 1. The second-order valence-corrected chi connectivity index (χ2v) is 5.15. The number of nitrogen functional groups attached to an aromatic ring is 1. The van der Waals surface area contributed by atoms with Gasteiger partial charge >= 0.3 is 0 Å². The molecule has 0 fully saturated rings. The molecule has 5 nitrogen and oxygen atoms in total.